The number of imide groups is 1. The summed E-state index contributed by atoms with van der Waals surface area (Å²) in [6.45, 7) is 4.31. The van der Waals surface area contributed by atoms with Crippen LogP contribution in [0.3, 0.4) is 0 Å². The normalized spacial score (nSPS) is 16.4. The maximum absolute atomic E-state index is 11.5. The third-order valence-electron chi connectivity index (χ3n) is 3.17. The molecule has 0 spiro atoms. The van der Waals surface area contributed by atoms with Gasteiger partial charge in [-0.1, -0.05) is 25.3 Å². The average Bonchev–Trinajstić information content (AvgIpc) is 2.31. The second-order valence-corrected chi connectivity index (χ2v) is 4.64. The number of carbonyl (C=O) groups excluding carboxylic acids is 2. The zero-order chi connectivity index (χ0) is 12.5. The molecule has 0 atom stereocenters. The van der Waals surface area contributed by atoms with Crippen LogP contribution in [-0.4, -0.2) is 23.3 Å². The molecule has 0 aromatic heterocycles. The standard InChI is InChI=1S/C14H23NO2/c1-2-3-4-5-6-7-8-12-15-13(16)10-9-11-14(15)17/h2H,1,3-12H2. The van der Waals surface area contributed by atoms with Crippen LogP contribution in [0, 0.1) is 0 Å². The quantitative estimate of drug-likeness (QED) is 0.369. The number of unbranched alkanes of at least 4 members (excludes halogenated alkanes) is 5. The molecule has 0 bridgehead atoms. The molecule has 0 aromatic carbocycles. The highest BCUT2D eigenvalue weighted by atomic mass is 16.2. The van der Waals surface area contributed by atoms with Crippen LogP contribution in [0.4, 0.5) is 0 Å². The van der Waals surface area contributed by atoms with E-state index in [0.29, 0.717) is 19.4 Å². The minimum absolute atomic E-state index is 0.0212. The SMILES string of the molecule is C=CCCCCCCCN1C(=O)CCCC1=O. The minimum Gasteiger partial charge on any atom is -0.283 e. The van der Waals surface area contributed by atoms with Gasteiger partial charge in [-0.25, -0.2) is 0 Å². The first-order valence-electron chi connectivity index (χ1n) is 6.70. The fraction of sp³-hybridized carbons (Fsp3) is 0.714. The summed E-state index contributed by atoms with van der Waals surface area (Å²) < 4.78 is 0. The molecule has 1 heterocycles. The number of piperidine rings is 1. The summed E-state index contributed by atoms with van der Waals surface area (Å²) in [6, 6.07) is 0. The van der Waals surface area contributed by atoms with Gasteiger partial charge in [-0.2, -0.15) is 0 Å². The Hall–Kier alpha value is -1.12. The smallest absolute Gasteiger partial charge is 0.229 e. The van der Waals surface area contributed by atoms with Crippen LogP contribution in [0.5, 0.6) is 0 Å². The zero-order valence-electron chi connectivity index (χ0n) is 10.6. The largest absolute Gasteiger partial charge is 0.283 e. The molecule has 0 unspecified atom stereocenters. The number of hydrogen-bond donors (Lipinski definition) is 0. The third kappa shape index (κ3) is 5.16. The second-order valence-electron chi connectivity index (χ2n) is 4.64. The third-order valence-corrected chi connectivity index (χ3v) is 3.17. The van der Waals surface area contributed by atoms with E-state index in [1.165, 1.54) is 24.2 Å². The van der Waals surface area contributed by atoms with Crippen molar-refractivity contribution in [2.75, 3.05) is 6.54 Å². The maximum Gasteiger partial charge on any atom is 0.229 e. The molecular weight excluding hydrogens is 214 g/mol. The molecule has 1 rings (SSSR count). The van der Waals surface area contributed by atoms with Gasteiger partial charge in [0, 0.05) is 19.4 Å². The van der Waals surface area contributed by atoms with E-state index in [-0.39, 0.29) is 11.8 Å². The highest BCUT2D eigenvalue weighted by Gasteiger charge is 2.24. The van der Waals surface area contributed by atoms with Gasteiger partial charge in [-0.15, -0.1) is 6.58 Å². The molecular formula is C14H23NO2. The Bertz CT molecular complexity index is 257. The Kier molecular flexibility index (Phi) is 6.60. The second kappa shape index (κ2) is 8.04. The molecule has 0 aliphatic carbocycles. The van der Waals surface area contributed by atoms with Crippen molar-refractivity contribution in [3.8, 4) is 0 Å². The Morgan fingerprint density at radius 3 is 2.24 bits per heavy atom. The van der Waals surface area contributed by atoms with Gasteiger partial charge in [0.2, 0.25) is 11.8 Å². The van der Waals surface area contributed by atoms with E-state index in [0.717, 1.165) is 25.7 Å². The average molecular weight is 237 g/mol. The molecule has 3 nitrogen and oxygen atoms in total. The lowest BCUT2D eigenvalue weighted by atomic mass is 10.1. The van der Waals surface area contributed by atoms with Crippen LogP contribution in [-0.2, 0) is 9.59 Å². The first kappa shape index (κ1) is 13.9. The van der Waals surface area contributed by atoms with Crippen LogP contribution >= 0.6 is 0 Å². The van der Waals surface area contributed by atoms with Gasteiger partial charge >= 0.3 is 0 Å². The highest BCUT2D eigenvalue weighted by molar-refractivity contribution is 5.97. The van der Waals surface area contributed by atoms with Crippen molar-refractivity contribution in [2.24, 2.45) is 0 Å². The molecule has 1 fully saturated rings. The van der Waals surface area contributed by atoms with Gasteiger partial charge in [-0.05, 0) is 25.7 Å². The van der Waals surface area contributed by atoms with Crippen molar-refractivity contribution in [3.05, 3.63) is 12.7 Å². The lowest BCUT2D eigenvalue weighted by molar-refractivity contribution is -0.147. The molecule has 96 valence electrons. The lowest BCUT2D eigenvalue weighted by Gasteiger charge is -2.24. The topological polar surface area (TPSA) is 37.4 Å². The summed E-state index contributed by atoms with van der Waals surface area (Å²) >= 11 is 0. The van der Waals surface area contributed by atoms with Crippen molar-refractivity contribution in [3.63, 3.8) is 0 Å². The predicted molar refractivity (Wildman–Crippen MR) is 68.5 cm³/mol. The number of allylic oxidation sites excluding steroid dienone is 1. The van der Waals surface area contributed by atoms with Gasteiger partial charge in [0.15, 0.2) is 0 Å². The monoisotopic (exact) mass is 237 g/mol. The van der Waals surface area contributed by atoms with Crippen molar-refractivity contribution < 1.29 is 9.59 Å². The van der Waals surface area contributed by atoms with Gasteiger partial charge in [0.25, 0.3) is 0 Å². The Labute approximate surface area is 104 Å². The summed E-state index contributed by atoms with van der Waals surface area (Å²) in [4.78, 5) is 24.5. The highest BCUT2D eigenvalue weighted by Crippen LogP contribution is 2.14. The van der Waals surface area contributed by atoms with Crippen LogP contribution in [0.25, 0.3) is 0 Å². The predicted octanol–water partition coefficient (Wildman–Crippen LogP) is 3.05. The van der Waals surface area contributed by atoms with Gasteiger partial charge in [-0.3, -0.25) is 14.5 Å². The van der Waals surface area contributed by atoms with Gasteiger partial charge in [0.05, 0.1) is 0 Å². The summed E-state index contributed by atoms with van der Waals surface area (Å²) in [5, 5.41) is 0. The number of rotatable bonds is 8. The number of hydrogen-bond acceptors (Lipinski definition) is 2. The first-order chi connectivity index (χ1) is 8.25. The zero-order valence-corrected chi connectivity index (χ0v) is 10.6. The molecule has 0 saturated carbocycles. The Balaban J connectivity index is 2.06. The summed E-state index contributed by atoms with van der Waals surface area (Å²) in [5.41, 5.74) is 0. The first-order valence-corrected chi connectivity index (χ1v) is 6.70. The van der Waals surface area contributed by atoms with Crippen molar-refractivity contribution in [1.82, 2.24) is 4.90 Å². The van der Waals surface area contributed by atoms with E-state index >= 15 is 0 Å². The van der Waals surface area contributed by atoms with E-state index in [4.69, 9.17) is 0 Å². The summed E-state index contributed by atoms with van der Waals surface area (Å²) in [6.07, 6.45) is 10.5. The van der Waals surface area contributed by atoms with Crippen LogP contribution in [0.15, 0.2) is 12.7 Å². The molecule has 17 heavy (non-hydrogen) atoms. The van der Waals surface area contributed by atoms with Crippen LogP contribution in [0.2, 0.25) is 0 Å². The minimum atomic E-state index is 0.0212. The van der Waals surface area contributed by atoms with Gasteiger partial charge < -0.3 is 0 Å². The molecule has 2 amide bonds. The molecule has 0 N–H and O–H groups in total. The van der Waals surface area contributed by atoms with Gasteiger partial charge in [0.1, 0.15) is 0 Å². The molecule has 1 saturated heterocycles. The van der Waals surface area contributed by atoms with Crippen molar-refractivity contribution in [1.29, 1.82) is 0 Å². The van der Waals surface area contributed by atoms with E-state index in [1.807, 2.05) is 6.08 Å². The number of likely N-dealkylation sites (tertiary alicyclic amines) is 1. The number of nitrogens with zero attached hydrogens (tertiary/aromatic N) is 1. The Morgan fingerprint density at radius 1 is 1.00 bits per heavy atom. The molecule has 1 aliphatic rings. The van der Waals surface area contributed by atoms with E-state index in [1.54, 1.807) is 0 Å². The Morgan fingerprint density at radius 2 is 1.59 bits per heavy atom. The maximum atomic E-state index is 11.5. The van der Waals surface area contributed by atoms with Crippen molar-refractivity contribution >= 4 is 11.8 Å². The molecule has 1 aliphatic heterocycles. The molecule has 3 heteroatoms. The fourth-order valence-electron chi connectivity index (χ4n) is 2.14. The lowest BCUT2D eigenvalue weighted by Crippen LogP contribution is -2.40. The van der Waals surface area contributed by atoms with Crippen molar-refractivity contribution in [2.45, 2.75) is 57.8 Å². The van der Waals surface area contributed by atoms with Crippen LogP contribution in [0.1, 0.15) is 57.8 Å². The number of carbonyl (C=O) groups is 2. The fourth-order valence-corrected chi connectivity index (χ4v) is 2.14. The summed E-state index contributed by atoms with van der Waals surface area (Å²) in [7, 11) is 0. The van der Waals surface area contributed by atoms with E-state index in [9.17, 15) is 9.59 Å². The molecule has 0 aromatic rings. The van der Waals surface area contributed by atoms with E-state index in [2.05, 4.69) is 6.58 Å². The molecule has 0 radical (unpaired) electrons. The van der Waals surface area contributed by atoms with Crippen LogP contribution < -0.4 is 0 Å². The number of amides is 2. The van der Waals surface area contributed by atoms with E-state index < -0.39 is 0 Å². The summed E-state index contributed by atoms with van der Waals surface area (Å²) in [5.74, 6) is 0.0424.